The largest absolute Gasteiger partial charge is 0.494 e. The Morgan fingerprint density at radius 2 is 1.92 bits per heavy atom. The van der Waals surface area contributed by atoms with Crippen LogP contribution in [0.4, 0.5) is 5.69 Å². The van der Waals surface area contributed by atoms with Gasteiger partial charge in [-0.15, -0.1) is 0 Å². The van der Waals surface area contributed by atoms with Crippen LogP contribution in [0.5, 0.6) is 5.75 Å². The lowest BCUT2D eigenvalue weighted by atomic mass is 9.65. The van der Waals surface area contributed by atoms with Crippen LogP contribution < -0.4 is 15.4 Å². The van der Waals surface area contributed by atoms with Gasteiger partial charge in [-0.1, -0.05) is 20.3 Å². The quantitative estimate of drug-likeness (QED) is 0.394. The first-order valence-corrected chi connectivity index (χ1v) is 13.7. The van der Waals surface area contributed by atoms with Gasteiger partial charge in [0.2, 0.25) is 17.7 Å². The Bertz CT molecular complexity index is 1000. The molecule has 0 saturated carbocycles. The van der Waals surface area contributed by atoms with E-state index < -0.39 is 29.1 Å². The molecule has 9 nitrogen and oxygen atoms in total. The van der Waals surface area contributed by atoms with Crippen molar-refractivity contribution in [1.29, 1.82) is 0 Å². The lowest BCUT2D eigenvalue weighted by molar-refractivity contribution is -0.146. The molecule has 0 aromatic heterocycles. The monoisotopic (exact) mass is 515 g/mol. The highest BCUT2D eigenvalue weighted by molar-refractivity contribution is 6.02. The molecule has 1 spiro atoms. The second kappa shape index (κ2) is 11.0. The summed E-state index contributed by atoms with van der Waals surface area (Å²) >= 11 is 0. The van der Waals surface area contributed by atoms with Crippen molar-refractivity contribution >= 4 is 23.4 Å². The van der Waals surface area contributed by atoms with Gasteiger partial charge in [0.05, 0.1) is 24.0 Å². The van der Waals surface area contributed by atoms with Crippen LogP contribution in [0, 0.1) is 11.8 Å². The van der Waals surface area contributed by atoms with E-state index in [0.29, 0.717) is 43.7 Å². The summed E-state index contributed by atoms with van der Waals surface area (Å²) in [4.78, 5) is 42.9. The lowest BCUT2D eigenvalue weighted by Crippen LogP contribution is -2.56. The fraction of sp³-hybridized carbons (Fsp3) is 0.679. The van der Waals surface area contributed by atoms with Crippen LogP contribution >= 0.6 is 0 Å². The third-order valence-corrected chi connectivity index (χ3v) is 8.31. The number of rotatable bonds is 12. The molecule has 3 amide bonds. The maximum absolute atomic E-state index is 13.9. The molecule has 3 fully saturated rings. The Morgan fingerprint density at radius 3 is 2.54 bits per heavy atom. The second-order valence-electron chi connectivity index (χ2n) is 10.6. The third kappa shape index (κ3) is 4.72. The van der Waals surface area contributed by atoms with Crippen molar-refractivity contribution in [3.05, 3.63) is 24.3 Å². The van der Waals surface area contributed by atoms with Crippen LogP contribution in [0.2, 0.25) is 0 Å². The van der Waals surface area contributed by atoms with E-state index in [1.165, 1.54) is 0 Å². The van der Waals surface area contributed by atoms with Gasteiger partial charge in [-0.3, -0.25) is 14.4 Å². The number of hydrogen-bond donors (Lipinski definition) is 3. The molecule has 4 rings (SSSR count). The summed E-state index contributed by atoms with van der Waals surface area (Å²) < 4.78 is 12.2. The minimum Gasteiger partial charge on any atom is -0.494 e. The van der Waals surface area contributed by atoms with Gasteiger partial charge in [-0.25, -0.2) is 0 Å². The van der Waals surface area contributed by atoms with E-state index in [1.807, 2.05) is 20.8 Å². The third-order valence-electron chi connectivity index (χ3n) is 8.31. The average Bonchev–Trinajstić information content (AvgIpc) is 3.47. The highest BCUT2D eigenvalue weighted by Gasteiger charge is 2.78. The van der Waals surface area contributed by atoms with E-state index in [0.717, 1.165) is 12.8 Å². The number of ether oxygens (including phenoxy) is 2. The van der Waals surface area contributed by atoms with Crippen LogP contribution in [0.25, 0.3) is 0 Å². The summed E-state index contributed by atoms with van der Waals surface area (Å²) in [5.41, 5.74) is -1.24. The van der Waals surface area contributed by atoms with E-state index in [2.05, 4.69) is 17.6 Å². The fourth-order valence-electron chi connectivity index (χ4n) is 6.75. The van der Waals surface area contributed by atoms with E-state index in [9.17, 15) is 19.5 Å². The van der Waals surface area contributed by atoms with Crippen LogP contribution in [-0.2, 0) is 19.1 Å². The zero-order valence-corrected chi connectivity index (χ0v) is 22.4. The Kier molecular flexibility index (Phi) is 8.14. The Labute approximate surface area is 219 Å². The summed E-state index contributed by atoms with van der Waals surface area (Å²) in [5, 5.41) is 15.6. The van der Waals surface area contributed by atoms with Crippen molar-refractivity contribution in [2.45, 2.75) is 89.5 Å². The van der Waals surface area contributed by atoms with E-state index in [1.54, 1.807) is 29.2 Å². The minimum atomic E-state index is -1.06. The number of amides is 3. The molecule has 0 radical (unpaired) electrons. The van der Waals surface area contributed by atoms with Gasteiger partial charge < -0.3 is 30.1 Å². The molecule has 3 aliphatic heterocycles. The van der Waals surface area contributed by atoms with Gasteiger partial charge in [0, 0.05) is 24.9 Å². The zero-order valence-electron chi connectivity index (χ0n) is 22.4. The van der Waals surface area contributed by atoms with Crippen molar-refractivity contribution in [2.24, 2.45) is 11.8 Å². The average molecular weight is 516 g/mol. The predicted octanol–water partition coefficient (Wildman–Crippen LogP) is 2.87. The predicted molar refractivity (Wildman–Crippen MR) is 139 cm³/mol. The molecule has 3 saturated heterocycles. The topological polar surface area (TPSA) is 117 Å². The van der Waals surface area contributed by atoms with Crippen LogP contribution in [0.1, 0.15) is 66.2 Å². The van der Waals surface area contributed by atoms with Gasteiger partial charge >= 0.3 is 0 Å². The van der Waals surface area contributed by atoms with Crippen LogP contribution in [0.3, 0.4) is 0 Å². The van der Waals surface area contributed by atoms with E-state index >= 15 is 0 Å². The highest BCUT2D eigenvalue weighted by Crippen LogP contribution is 2.64. The number of aliphatic hydroxyl groups excluding tert-OH is 1. The molecule has 1 aromatic carbocycles. The molecule has 3 aliphatic rings. The number of carbonyl (C=O) groups is 3. The lowest BCUT2D eigenvalue weighted by Gasteiger charge is -2.34. The van der Waals surface area contributed by atoms with Crippen LogP contribution in [-0.4, -0.2) is 70.8 Å². The summed E-state index contributed by atoms with van der Waals surface area (Å²) in [5.74, 6) is -1.50. The van der Waals surface area contributed by atoms with E-state index in [4.69, 9.17) is 9.47 Å². The maximum atomic E-state index is 13.9. The number of fused-ring (bicyclic) bond motifs is 1. The number of anilines is 1. The molecular weight excluding hydrogens is 474 g/mol. The first kappa shape index (κ1) is 27.4. The van der Waals surface area contributed by atoms with Crippen molar-refractivity contribution < 1.29 is 29.0 Å². The van der Waals surface area contributed by atoms with Crippen molar-refractivity contribution in [2.75, 3.05) is 25.1 Å². The summed E-state index contributed by atoms with van der Waals surface area (Å²) in [6.07, 6.45) is 3.82. The number of benzene rings is 1. The molecule has 204 valence electrons. The van der Waals surface area contributed by atoms with Gasteiger partial charge in [0.25, 0.3) is 0 Å². The number of carbonyl (C=O) groups excluding carboxylic acids is 3. The summed E-state index contributed by atoms with van der Waals surface area (Å²) in [6.45, 7) is 8.60. The number of aliphatic hydroxyl groups is 1. The second-order valence-corrected chi connectivity index (χ2v) is 10.6. The van der Waals surface area contributed by atoms with E-state index in [-0.39, 0.29) is 36.9 Å². The number of hydrogen-bond acceptors (Lipinski definition) is 6. The first-order chi connectivity index (χ1) is 17.8. The Morgan fingerprint density at radius 1 is 1.19 bits per heavy atom. The highest BCUT2D eigenvalue weighted by atomic mass is 16.5. The molecule has 37 heavy (non-hydrogen) atoms. The maximum Gasteiger partial charge on any atom is 0.246 e. The Hall–Kier alpha value is -2.65. The molecule has 2 bridgehead atoms. The number of nitrogens with zero attached hydrogens (tertiary/aromatic N) is 1. The molecular formula is C28H41N3O6. The molecule has 0 aliphatic carbocycles. The normalized spacial score (nSPS) is 30.8. The molecule has 1 aromatic rings. The van der Waals surface area contributed by atoms with Crippen LogP contribution in [0.15, 0.2) is 24.3 Å². The number of likely N-dealkylation sites (tertiary alicyclic amines) is 1. The van der Waals surface area contributed by atoms with Crippen molar-refractivity contribution in [3.63, 3.8) is 0 Å². The van der Waals surface area contributed by atoms with Gasteiger partial charge in [0.15, 0.2) is 0 Å². The van der Waals surface area contributed by atoms with Gasteiger partial charge in [-0.05, 0) is 70.2 Å². The molecule has 3 unspecified atom stereocenters. The molecule has 9 heteroatoms. The molecule has 6 atom stereocenters. The summed E-state index contributed by atoms with van der Waals surface area (Å²) in [7, 11) is 0. The van der Waals surface area contributed by atoms with Crippen molar-refractivity contribution in [1.82, 2.24) is 10.2 Å². The minimum absolute atomic E-state index is 0.0414. The molecule has 3 heterocycles. The standard InChI is InChI=1S/C28H41N3O6/c1-5-9-18(4)29-25(34)23-28-15-14-27(6-2,37-28)21(22(28)26(35)31(23)16-8-17-32)24(33)30-19-10-12-20(13-11-19)36-7-3/h10-13,18,21-23,32H,5-9,14-17H2,1-4H3,(H,29,34)(H,30,33)/t18?,21-,22-,23?,27+,28?/m0/s1. The smallest absolute Gasteiger partial charge is 0.246 e. The number of nitrogens with one attached hydrogen (secondary N) is 2. The van der Waals surface area contributed by atoms with Gasteiger partial charge in [0.1, 0.15) is 17.4 Å². The summed E-state index contributed by atoms with van der Waals surface area (Å²) in [6, 6.07) is 6.28. The van der Waals surface area contributed by atoms with Crippen molar-refractivity contribution in [3.8, 4) is 5.75 Å². The zero-order chi connectivity index (χ0) is 26.8. The first-order valence-electron chi connectivity index (χ1n) is 13.7. The molecule has 3 N–H and O–H groups in total. The van der Waals surface area contributed by atoms with Gasteiger partial charge in [-0.2, -0.15) is 0 Å². The SMILES string of the molecule is CCCC(C)NC(=O)C1N(CCCO)C(=O)[C@@H]2[C@@H](C(=O)Nc3ccc(OCC)cc3)[C@@]3(CC)CCC12O3. The fourth-order valence-corrected chi connectivity index (χ4v) is 6.75. The Balaban J connectivity index is 1.65.